The van der Waals surface area contributed by atoms with E-state index in [0.29, 0.717) is 23.5 Å². The number of nitrogens with zero attached hydrogens (tertiary/aromatic N) is 2. The number of aliphatic hydroxyl groups excluding tert-OH is 1. The smallest absolute Gasteiger partial charge is 0.339 e. The quantitative estimate of drug-likeness (QED) is 0.373. The first-order valence-electron chi connectivity index (χ1n) is 10.2. The van der Waals surface area contributed by atoms with Crippen molar-refractivity contribution < 1.29 is 28.6 Å². The van der Waals surface area contributed by atoms with E-state index in [1.54, 1.807) is 30.3 Å². The van der Waals surface area contributed by atoms with Crippen LogP contribution < -0.4 is 0 Å². The third kappa shape index (κ3) is 4.90. The van der Waals surface area contributed by atoms with Crippen LogP contribution in [0, 0.1) is 11.3 Å². The molecule has 0 unspecified atom stereocenters. The number of carbonyl (C=O) groups is 3. The highest BCUT2D eigenvalue weighted by atomic mass is 35.5. The predicted octanol–water partition coefficient (Wildman–Crippen LogP) is 3.75. The van der Waals surface area contributed by atoms with Gasteiger partial charge in [-0.1, -0.05) is 18.5 Å². The van der Waals surface area contributed by atoms with Crippen molar-refractivity contribution in [1.82, 2.24) is 4.90 Å². The van der Waals surface area contributed by atoms with Crippen molar-refractivity contribution in [2.75, 3.05) is 19.8 Å². The third-order valence-electron chi connectivity index (χ3n) is 4.97. The molecule has 1 N–H and O–H groups in total. The Morgan fingerprint density at radius 1 is 1.27 bits per heavy atom. The fourth-order valence-corrected chi connectivity index (χ4v) is 3.46. The molecule has 0 aliphatic carbocycles. The zero-order valence-corrected chi connectivity index (χ0v) is 18.8. The van der Waals surface area contributed by atoms with Gasteiger partial charge in [0.1, 0.15) is 23.2 Å². The lowest BCUT2D eigenvalue weighted by Gasteiger charge is -2.26. The number of benzene rings is 1. The summed E-state index contributed by atoms with van der Waals surface area (Å²) in [6.07, 6.45) is 2.11. The number of aliphatic hydroxyl groups is 1. The second-order valence-corrected chi connectivity index (χ2v) is 7.60. The fraction of sp³-hybridized carbons (Fsp3) is 0.250. The number of hydrogen-bond acceptors (Lipinski definition) is 7. The van der Waals surface area contributed by atoms with Gasteiger partial charge in [-0.15, -0.1) is 0 Å². The molecule has 2 heterocycles. The summed E-state index contributed by atoms with van der Waals surface area (Å²) in [7, 11) is 0. The Balaban J connectivity index is 1.97. The summed E-state index contributed by atoms with van der Waals surface area (Å²) in [5.74, 6) is -1.19. The molecule has 0 radical (unpaired) electrons. The van der Waals surface area contributed by atoms with Crippen LogP contribution in [0.2, 0.25) is 5.02 Å². The van der Waals surface area contributed by atoms with Gasteiger partial charge in [-0.3, -0.25) is 14.5 Å². The summed E-state index contributed by atoms with van der Waals surface area (Å²) < 4.78 is 11.0. The standard InChI is InChI=1S/C24H21ClN2O6/c1-3-10-32-24(31)18-11-15(4-6-20(18)25)21-7-5-16(33-21)12-17-14(2)19(13-26)23(30)27(8-9-28)22(17)29/h4-7,11-12,28H,3,8-10H2,1-2H3/b17-12-. The average molecular weight is 469 g/mol. The molecular formula is C24H21ClN2O6. The van der Waals surface area contributed by atoms with Crippen LogP contribution in [-0.2, 0) is 14.3 Å². The number of rotatable bonds is 7. The first kappa shape index (κ1) is 24.0. The van der Waals surface area contributed by atoms with Gasteiger partial charge in [0.05, 0.1) is 30.3 Å². The monoisotopic (exact) mass is 468 g/mol. The summed E-state index contributed by atoms with van der Waals surface area (Å²) in [5.41, 5.74) is 0.947. The van der Waals surface area contributed by atoms with E-state index in [1.165, 1.54) is 13.0 Å². The Labute approximate surface area is 195 Å². The highest BCUT2D eigenvalue weighted by Gasteiger charge is 2.35. The van der Waals surface area contributed by atoms with Gasteiger partial charge in [0.15, 0.2) is 0 Å². The molecule has 8 nitrogen and oxygen atoms in total. The van der Waals surface area contributed by atoms with Crippen molar-refractivity contribution in [3.05, 3.63) is 63.4 Å². The number of halogens is 1. The van der Waals surface area contributed by atoms with E-state index in [0.717, 1.165) is 4.90 Å². The van der Waals surface area contributed by atoms with Gasteiger partial charge in [-0.05, 0) is 55.3 Å². The largest absolute Gasteiger partial charge is 0.462 e. The van der Waals surface area contributed by atoms with Gasteiger partial charge in [0.25, 0.3) is 11.8 Å². The first-order valence-corrected chi connectivity index (χ1v) is 10.6. The van der Waals surface area contributed by atoms with E-state index in [9.17, 15) is 24.8 Å². The maximum Gasteiger partial charge on any atom is 0.339 e. The minimum Gasteiger partial charge on any atom is -0.462 e. The lowest BCUT2D eigenvalue weighted by molar-refractivity contribution is -0.141. The fourth-order valence-electron chi connectivity index (χ4n) is 3.27. The minimum absolute atomic E-state index is 0.112. The molecule has 170 valence electrons. The Bertz CT molecular complexity index is 1220. The molecule has 1 aromatic heterocycles. The average Bonchev–Trinajstić information content (AvgIpc) is 3.27. The van der Waals surface area contributed by atoms with Gasteiger partial charge in [-0.2, -0.15) is 5.26 Å². The van der Waals surface area contributed by atoms with Crippen LogP contribution in [0.5, 0.6) is 0 Å². The van der Waals surface area contributed by atoms with E-state index < -0.39 is 24.4 Å². The molecular weight excluding hydrogens is 448 g/mol. The van der Waals surface area contributed by atoms with Gasteiger partial charge < -0.3 is 14.3 Å². The number of imide groups is 1. The van der Waals surface area contributed by atoms with E-state index >= 15 is 0 Å². The third-order valence-corrected chi connectivity index (χ3v) is 5.30. The van der Waals surface area contributed by atoms with Gasteiger partial charge in [0, 0.05) is 11.1 Å². The summed E-state index contributed by atoms with van der Waals surface area (Å²) in [6, 6.07) is 9.90. The number of ether oxygens (including phenoxy) is 1. The van der Waals surface area contributed by atoms with Crippen molar-refractivity contribution >= 4 is 35.5 Å². The van der Waals surface area contributed by atoms with Crippen molar-refractivity contribution in [3.63, 3.8) is 0 Å². The number of hydrogen-bond donors (Lipinski definition) is 1. The summed E-state index contributed by atoms with van der Waals surface area (Å²) in [6.45, 7) is 3.02. The van der Waals surface area contributed by atoms with E-state index in [1.807, 2.05) is 13.0 Å². The summed E-state index contributed by atoms with van der Waals surface area (Å²) >= 11 is 6.14. The molecule has 1 aliphatic rings. The van der Waals surface area contributed by atoms with Crippen LogP contribution in [0.25, 0.3) is 17.4 Å². The Kier molecular flexibility index (Phi) is 7.48. The molecule has 2 amide bonds. The normalized spacial score (nSPS) is 15.2. The number of furan rings is 1. The van der Waals surface area contributed by atoms with Gasteiger partial charge in [-0.25, -0.2) is 4.79 Å². The maximum atomic E-state index is 12.8. The van der Waals surface area contributed by atoms with E-state index in [-0.39, 0.29) is 40.5 Å². The van der Waals surface area contributed by atoms with Crippen molar-refractivity contribution in [2.45, 2.75) is 20.3 Å². The molecule has 2 aromatic rings. The van der Waals surface area contributed by atoms with Gasteiger partial charge in [0.2, 0.25) is 0 Å². The van der Waals surface area contributed by atoms with E-state index in [4.69, 9.17) is 20.8 Å². The van der Waals surface area contributed by atoms with Crippen LogP contribution >= 0.6 is 11.6 Å². The predicted molar refractivity (Wildman–Crippen MR) is 120 cm³/mol. The molecule has 0 spiro atoms. The number of β-amino-alcohol motifs (C(OH)–C–C–N with tert-alkyl or cyclic N) is 1. The van der Waals surface area contributed by atoms with Crippen LogP contribution in [0.15, 0.2) is 51.5 Å². The van der Waals surface area contributed by atoms with Crippen LogP contribution in [0.4, 0.5) is 0 Å². The number of carbonyl (C=O) groups excluding carboxylic acids is 3. The zero-order chi connectivity index (χ0) is 24.1. The molecule has 0 atom stereocenters. The Morgan fingerprint density at radius 2 is 2.03 bits per heavy atom. The zero-order valence-electron chi connectivity index (χ0n) is 18.1. The summed E-state index contributed by atoms with van der Waals surface area (Å²) in [5, 5.41) is 18.8. The molecule has 0 fully saturated rings. The number of amides is 2. The molecule has 1 aromatic carbocycles. The lowest BCUT2D eigenvalue weighted by Crippen LogP contribution is -2.44. The molecule has 9 heteroatoms. The number of esters is 1. The molecule has 3 rings (SSSR count). The molecule has 0 saturated heterocycles. The second-order valence-electron chi connectivity index (χ2n) is 7.19. The number of nitriles is 1. The van der Waals surface area contributed by atoms with Crippen molar-refractivity contribution in [1.29, 1.82) is 5.26 Å². The topological polar surface area (TPSA) is 121 Å². The molecule has 33 heavy (non-hydrogen) atoms. The molecule has 0 saturated carbocycles. The summed E-state index contributed by atoms with van der Waals surface area (Å²) in [4.78, 5) is 38.2. The SMILES string of the molecule is CCCOC(=O)c1cc(-c2ccc(/C=C3\C(=O)N(CCO)C(=O)C(C#N)=C3C)o2)ccc1Cl. The van der Waals surface area contributed by atoms with Crippen molar-refractivity contribution in [2.24, 2.45) is 0 Å². The Hall–Kier alpha value is -3.67. The maximum absolute atomic E-state index is 12.8. The lowest BCUT2D eigenvalue weighted by atomic mass is 9.95. The highest BCUT2D eigenvalue weighted by molar-refractivity contribution is 6.33. The highest BCUT2D eigenvalue weighted by Crippen LogP contribution is 2.31. The second kappa shape index (κ2) is 10.3. The van der Waals surface area contributed by atoms with E-state index in [2.05, 4.69) is 0 Å². The molecule has 0 bridgehead atoms. The van der Waals surface area contributed by atoms with Crippen LogP contribution in [-0.4, -0.2) is 47.5 Å². The van der Waals surface area contributed by atoms with Crippen molar-refractivity contribution in [3.8, 4) is 17.4 Å². The molecule has 1 aliphatic heterocycles. The Morgan fingerprint density at radius 3 is 2.70 bits per heavy atom. The van der Waals surface area contributed by atoms with Crippen LogP contribution in [0.3, 0.4) is 0 Å². The van der Waals surface area contributed by atoms with Crippen LogP contribution in [0.1, 0.15) is 36.4 Å². The van der Waals surface area contributed by atoms with Gasteiger partial charge >= 0.3 is 5.97 Å². The minimum atomic E-state index is -0.741. The first-order chi connectivity index (χ1) is 15.8.